The number of anilines is 1. The molecule has 0 spiro atoms. The minimum atomic E-state index is 0.486. The SMILES string of the molecule is Cc1ccc(-c2ccc(C#N)cc2)c(C#N)c1N. The fourth-order valence-corrected chi connectivity index (χ4v) is 1.81. The van der Waals surface area contributed by atoms with Crippen LogP contribution in [-0.2, 0) is 0 Å². The van der Waals surface area contributed by atoms with Crippen LogP contribution in [0.15, 0.2) is 36.4 Å². The summed E-state index contributed by atoms with van der Waals surface area (Å²) in [5.41, 5.74) is 10.1. The fourth-order valence-electron chi connectivity index (χ4n) is 1.81. The van der Waals surface area contributed by atoms with Gasteiger partial charge in [0.05, 0.1) is 22.9 Å². The van der Waals surface area contributed by atoms with Crippen LogP contribution in [0.25, 0.3) is 11.1 Å². The van der Waals surface area contributed by atoms with Gasteiger partial charge in [-0.3, -0.25) is 0 Å². The second-order valence-corrected chi connectivity index (χ2v) is 4.02. The molecule has 2 aromatic rings. The molecule has 0 aliphatic heterocycles. The lowest BCUT2D eigenvalue weighted by Gasteiger charge is -2.09. The molecule has 18 heavy (non-hydrogen) atoms. The van der Waals surface area contributed by atoms with Crippen LogP contribution in [0.5, 0.6) is 0 Å². The summed E-state index contributed by atoms with van der Waals surface area (Å²) in [5.74, 6) is 0. The summed E-state index contributed by atoms with van der Waals surface area (Å²) in [6.07, 6.45) is 0. The van der Waals surface area contributed by atoms with Crippen molar-refractivity contribution in [2.45, 2.75) is 6.92 Å². The number of aryl methyl sites for hydroxylation is 1. The van der Waals surface area contributed by atoms with Crippen molar-refractivity contribution in [3.05, 3.63) is 53.1 Å². The van der Waals surface area contributed by atoms with E-state index in [1.165, 1.54) is 0 Å². The Hall–Kier alpha value is -2.78. The number of hydrogen-bond donors (Lipinski definition) is 1. The van der Waals surface area contributed by atoms with Gasteiger partial charge in [0.2, 0.25) is 0 Å². The van der Waals surface area contributed by atoms with Crippen LogP contribution < -0.4 is 5.73 Å². The maximum atomic E-state index is 9.20. The number of benzene rings is 2. The summed E-state index contributed by atoms with van der Waals surface area (Å²) in [5, 5.41) is 18.0. The minimum absolute atomic E-state index is 0.486. The molecule has 0 aliphatic carbocycles. The number of nitrogens with zero attached hydrogens (tertiary/aromatic N) is 2. The van der Waals surface area contributed by atoms with E-state index in [-0.39, 0.29) is 0 Å². The minimum Gasteiger partial charge on any atom is -0.397 e. The Morgan fingerprint density at radius 3 is 2.17 bits per heavy atom. The molecule has 0 atom stereocenters. The van der Waals surface area contributed by atoms with Crippen molar-refractivity contribution < 1.29 is 0 Å². The molecule has 0 unspecified atom stereocenters. The Bertz CT molecular complexity index is 671. The van der Waals surface area contributed by atoms with Gasteiger partial charge in [0, 0.05) is 5.56 Å². The molecule has 86 valence electrons. The zero-order valence-corrected chi connectivity index (χ0v) is 9.94. The van der Waals surface area contributed by atoms with Crippen LogP contribution in [0.3, 0.4) is 0 Å². The molecule has 3 nitrogen and oxygen atoms in total. The summed E-state index contributed by atoms with van der Waals surface area (Å²) in [4.78, 5) is 0. The lowest BCUT2D eigenvalue weighted by atomic mass is 9.96. The third-order valence-electron chi connectivity index (χ3n) is 2.90. The number of nitriles is 2. The lowest BCUT2D eigenvalue weighted by Crippen LogP contribution is -1.96. The molecule has 0 saturated heterocycles. The molecule has 0 heterocycles. The number of nitrogens with two attached hydrogens (primary N) is 1. The molecule has 0 radical (unpaired) electrons. The molecule has 0 fully saturated rings. The topological polar surface area (TPSA) is 73.6 Å². The van der Waals surface area contributed by atoms with Gasteiger partial charge >= 0.3 is 0 Å². The van der Waals surface area contributed by atoms with Crippen LogP contribution >= 0.6 is 0 Å². The number of nitrogen functional groups attached to an aromatic ring is 1. The van der Waals surface area contributed by atoms with Crippen molar-refractivity contribution in [2.75, 3.05) is 5.73 Å². The molecule has 2 rings (SSSR count). The molecule has 0 bridgehead atoms. The van der Waals surface area contributed by atoms with Gasteiger partial charge < -0.3 is 5.73 Å². The zero-order valence-electron chi connectivity index (χ0n) is 9.94. The first-order chi connectivity index (χ1) is 8.67. The zero-order chi connectivity index (χ0) is 13.1. The fraction of sp³-hybridized carbons (Fsp3) is 0.0667. The highest BCUT2D eigenvalue weighted by Gasteiger charge is 2.10. The van der Waals surface area contributed by atoms with Gasteiger partial charge in [0.15, 0.2) is 0 Å². The number of hydrogen-bond acceptors (Lipinski definition) is 3. The van der Waals surface area contributed by atoms with Crippen molar-refractivity contribution in [1.29, 1.82) is 10.5 Å². The maximum Gasteiger partial charge on any atom is 0.102 e. The Balaban J connectivity index is 2.61. The normalized spacial score (nSPS) is 9.50. The van der Waals surface area contributed by atoms with E-state index in [0.29, 0.717) is 16.8 Å². The van der Waals surface area contributed by atoms with Gasteiger partial charge in [-0.2, -0.15) is 10.5 Å². The van der Waals surface area contributed by atoms with E-state index in [9.17, 15) is 5.26 Å². The first kappa shape index (κ1) is 11.7. The van der Waals surface area contributed by atoms with E-state index < -0.39 is 0 Å². The lowest BCUT2D eigenvalue weighted by molar-refractivity contribution is 1.41. The average molecular weight is 233 g/mol. The molecule has 0 aliphatic rings. The Morgan fingerprint density at radius 1 is 0.944 bits per heavy atom. The van der Waals surface area contributed by atoms with Gasteiger partial charge in [-0.25, -0.2) is 0 Å². The molecule has 0 amide bonds. The van der Waals surface area contributed by atoms with Crippen LogP contribution in [-0.4, -0.2) is 0 Å². The van der Waals surface area contributed by atoms with E-state index in [1.807, 2.05) is 31.2 Å². The summed E-state index contributed by atoms with van der Waals surface area (Å²) < 4.78 is 0. The van der Waals surface area contributed by atoms with E-state index in [2.05, 4.69) is 12.1 Å². The molecule has 3 heteroatoms. The molecular formula is C15H11N3. The van der Waals surface area contributed by atoms with Gasteiger partial charge in [-0.1, -0.05) is 24.3 Å². The first-order valence-corrected chi connectivity index (χ1v) is 5.47. The second-order valence-electron chi connectivity index (χ2n) is 4.02. The third kappa shape index (κ3) is 1.90. The van der Waals surface area contributed by atoms with E-state index in [1.54, 1.807) is 12.1 Å². The highest BCUT2D eigenvalue weighted by Crippen LogP contribution is 2.29. The molecule has 2 aromatic carbocycles. The van der Waals surface area contributed by atoms with E-state index in [0.717, 1.165) is 16.7 Å². The van der Waals surface area contributed by atoms with Gasteiger partial charge in [-0.15, -0.1) is 0 Å². The van der Waals surface area contributed by atoms with Gasteiger partial charge in [-0.05, 0) is 30.2 Å². The predicted octanol–water partition coefficient (Wildman–Crippen LogP) is 2.99. The molecule has 0 aromatic heterocycles. The Morgan fingerprint density at radius 2 is 1.61 bits per heavy atom. The van der Waals surface area contributed by atoms with E-state index in [4.69, 9.17) is 11.0 Å². The quantitative estimate of drug-likeness (QED) is 0.769. The van der Waals surface area contributed by atoms with Crippen molar-refractivity contribution in [3.63, 3.8) is 0 Å². The maximum absolute atomic E-state index is 9.20. The molecule has 2 N–H and O–H groups in total. The largest absolute Gasteiger partial charge is 0.397 e. The van der Waals surface area contributed by atoms with Crippen LogP contribution in [0, 0.1) is 29.6 Å². The Kier molecular flexibility index (Phi) is 3.00. The third-order valence-corrected chi connectivity index (χ3v) is 2.90. The van der Waals surface area contributed by atoms with Crippen LogP contribution in [0.2, 0.25) is 0 Å². The first-order valence-electron chi connectivity index (χ1n) is 5.47. The highest BCUT2D eigenvalue weighted by atomic mass is 14.6. The monoisotopic (exact) mass is 233 g/mol. The van der Waals surface area contributed by atoms with Crippen molar-refractivity contribution in [1.82, 2.24) is 0 Å². The van der Waals surface area contributed by atoms with Gasteiger partial charge in [0.25, 0.3) is 0 Å². The standard InChI is InChI=1S/C15H11N3/c1-10-2-7-13(14(9-17)15(10)18)12-5-3-11(8-16)4-6-12/h2-7H,18H2,1H3. The summed E-state index contributed by atoms with van der Waals surface area (Å²) in [6, 6.07) is 15.1. The van der Waals surface area contributed by atoms with Crippen LogP contribution in [0.1, 0.15) is 16.7 Å². The predicted molar refractivity (Wildman–Crippen MR) is 70.5 cm³/mol. The summed E-state index contributed by atoms with van der Waals surface area (Å²) in [7, 11) is 0. The second kappa shape index (κ2) is 4.61. The van der Waals surface area contributed by atoms with Crippen molar-refractivity contribution in [2.24, 2.45) is 0 Å². The van der Waals surface area contributed by atoms with Gasteiger partial charge in [0.1, 0.15) is 6.07 Å². The van der Waals surface area contributed by atoms with Crippen molar-refractivity contribution in [3.8, 4) is 23.3 Å². The van der Waals surface area contributed by atoms with Crippen LogP contribution in [0.4, 0.5) is 5.69 Å². The molecular weight excluding hydrogens is 222 g/mol. The number of rotatable bonds is 1. The smallest absolute Gasteiger partial charge is 0.102 e. The summed E-state index contributed by atoms with van der Waals surface area (Å²) in [6.45, 7) is 1.87. The highest BCUT2D eigenvalue weighted by molar-refractivity contribution is 5.78. The average Bonchev–Trinajstić information content (AvgIpc) is 2.42. The summed E-state index contributed by atoms with van der Waals surface area (Å²) >= 11 is 0. The van der Waals surface area contributed by atoms with E-state index >= 15 is 0 Å². The Labute approximate surface area is 106 Å². The molecule has 0 saturated carbocycles. The van der Waals surface area contributed by atoms with Crippen molar-refractivity contribution >= 4 is 5.69 Å².